The van der Waals surface area contributed by atoms with E-state index in [1.807, 2.05) is 0 Å². The van der Waals surface area contributed by atoms with Crippen molar-refractivity contribution in [2.45, 2.75) is 6.61 Å². The number of benzene rings is 3. The number of hydrogen-bond donors (Lipinski definition) is 1. The molecule has 3 aromatic carbocycles. The minimum Gasteiger partial charge on any atom is -0.493 e. The molecule has 37 heavy (non-hydrogen) atoms. The monoisotopic (exact) mass is 706 g/mol. The molecule has 1 aliphatic heterocycles. The molecule has 0 unspecified atom stereocenters. The van der Waals surface area contributed by atoms with E-state index in [1.165, 1.54) is 13.2 Å². The molecule has 0 radical (unpaired) electrons. The molecule has 1 fully saturated rings. The van der Waals surface area contributed by atoms with Gasteiger partial charge in [-0.25, -0.2) is 0 Å². The van der Waals surface area contributed by atoms with Crippen LogP contribution >= 0.6 is 81.2 Å². The third-order valence-corrected chi connectivity index (χ3v) is 7.71. The summed E-state index contributed by atoms with van der Waals surface area (Å²) in [6.45, 7) is 0.177. The summed E-state index contributed by atoms with van der Waals surface area (Å²) in [5.74, 6) is -0.414. The van der Waals surface area contributed by atoms with Gasteiger partial charge in [-0.05, 0) is 82.8 Å². The molecule has 4 rings (SSSR count). The summed E-state index contributed by atoms with van der Waals surface area (Å²) in [6.07, 6.45) is 1.44. The number of rotatable bonds is 6. The number of hydrogen-bond acceptors (Lipinski definition) is 5. The van der Waals surface area contributed by atoms with Gasteiger partial charge in [-0.3, -0.25) is 19.8 Å². The van der Waals surface area contributed by atoms with Gasteiger partial charge in [0.2, 0.25) is 0 Å². The molecule has 0 bridgehead atoms. The van der Waals surface area contributed by atoms with E-state index in [0.29, 0.717) is 30.7 Å². The lowest BCUT2D eigenvalue weighted by atomic mass is 10.1. The zero-order valence-corrected chi connectivity index (χ0v) is 24.8. The second-order valence-corrected chi connectivity index (χ2v) is 10.8. The topological polar surface area (TPSA) is 67.9 Å². The Hall–Kier alpha value is -2.08. The zero-order valence-electron chi connectivity index (χ0n) is 18.8. The highest BCUT2D eigenvalue weighted by molar-refractivity contribution is 14.1. The van der Waals surface area contributed by atoms with Gasteiger partial charge in [0, 0.05) is 15.6 Å². The number of halogens is 5. The predicted molar refractivity (Wildman–Crippen MR) is 159 cm³/mol. The molecule has 190 valence electrons. The Labute approximate surface area is 251 Å². The largest absolute Gasteiger partial charge is 0.493 e. The van der Waals surface area contributed by atoms with Crippen LogP contribution in [0.4, 0.5) is 5.69 Å². The van der Waals surface area contributed by atoms with Gasteiger partial charge < -0.3 is 9.47 Å². The Bertz CT molecular complexity index is 1480. The maximum atomic E-state index is 13.4. The molecule has 0 atom stereocenters. The Kier molecular flexibility index (Phi) is 8.88. The van der Waals surface area contributed by atoms with Gasteiger partial charge in [-0.2, -0.15) is 0 Å². The van der Waals surface area contributed by atoms with E-state index in [9.17, 15) is 9.59 Å². The van der Waals surface area contributed by atoms with E-state index < -0.39 is 11.8 Å². The van der Waals surface area contributed by atoms with Crippen LogP contribution in [0.15, 0.2) is 54.1 Å². The van der Waals surface area contributed by atoms with Gasteiger partial charge in [0.25, 0.3) is 11.8 Å². The number of anilines is 1. The number of methoxy groups -OCH3 is 1. The molecule has 1 N–H and O–H groups in total. The van der Waals surface area contributed by atoms with Crippen LogP contribution in [0.3, 0.4) is 0 Å². The second kappa shape index (κ2) is 11.8. The molecule has 12 heteroatoms. The van der Waals surface area contributed by atoms with Crippen LogP contribution in [-0.2, 0) is 16.2 Å². The zero-order chi connectivity index (χ0) is 26.9. The minimum atomic E-state index is -0.649. The van der Waals surface area contributed by atoms with Crippen LogP contribution < -0.4 is 19.7 Å². The number of nitrogens with zero attached hydrogens (tertiary/aromatic N) is 1. The average Bonchev–Trinajstić information content (AvgIpc) is 2.84. The van der Waals surface area contributed by atoms with Crippen LogP contribution in [0.2, 0.25) is 20.1 Å². The molecule has 0 aromatic heterocycles. The number of amides is 2. The number of thiocarbonyl (C=S) groups is 1. The van der Waals surface area contributed by atoms with E-state index in [2.05, 4.69) is 27.9 Å². The van der Waals surface area contributed by atoms with E-state index in [-0.39, 0.29) is 33.0 Å². The number of carbonyl (C=O) groups is 2. The van der Waals surface area contributed by atoms with Crippen LogP contribution in [0.5, 0.6) is 11.5 Å². The molecule has 1 saturated heterocycles. The van der Waals surface area contributed by atoms with E-state index in [0.717, 1.165) is 10.5 Å². The summed E-state index contributed by atoms with van der Waals surface area (Å²) in [6, 6.07) is 13.3. The van der Waals surface area contributed by atoms with Gasteiger partial charge in [0.15, 0.2) is 16.6 Å². The molecule has 6 nitrogen and oxygen atoms in total. The summed E-state index contributed by atoms with van der Waals surface area (Å²) in [5, 5.41) is 3.80. The highest BCUT2D eigenvalue weighted by atomic mass is 127. The highest BCUT2D eigenvalue weighted by Gasteiger charge is 2.35. The normalized spacial score (nSPS) is 14.7. The number of nitrogens with one attached hydrogen (secondary N) is 1. The minimum absolute atomic E-state index is 0.104. The first-order valence-electron chi connectivity index (χ1n) is 10.4. The van der Waals surface area contributed by atoms with Crippen molar-refractivity contribution in [1.29, 1.82) is 0 Å². The SMILES string of the molecule is COc1cc(/C=C2\C(=O)NC(=S)N(c3cccc(Cl)c3Cl)C2=O)cc(I)c1OCc1ccc(Cl)cc1Cl. The standard InChI is InChI=1S/C25H15Cl4IN2O4S/c1-35-20-9-12(8-18(30)22(20)36-11-13-5-6-14(26)10-17(13)28)7-15-23(33)31-25(37)32(24(15)34)19-4-2-3-16(27)21(19)29/h2-10H,11H2,1H3,(H,31,33,37)/b15-7+. The van der Waals surface area contributed by atoms with Crippen molar-refractivity contribution in [1.82, 2.24) is 5.32 Å². The quantitative estimate of drug-likeness (QED) is 0.126. The molecule has 1 heterocycles. The average molecular weight is 708 g/mol. The lowest BCUT2D eigenvalue weighted by Gasteiger charge is -2.29. The molecule has 0 aliphatic carbocycles. The number of ether oxygens (including phenoxy) is 2. The summed E-state index contributed by atoms with van der Waals surface area (Å²) >= 11 is 32.0. The van der Waals surface area contributed by atoms with Crippen molar-refractivity contribution in [2.24, 2.45) is 0 Å². The lowest BCUT2D eigenvalue weighted by Crippen LogP contribution is -2.54. The molecule has 2 amide bonds. The van der Waals surface area contributed by atoms with E-state index in [4.69, 9.17) is 68.1 Å². The second-order valence-electron chi connectivity index (χ2n) is 7.59. The Morgan fingerprint density at radius 3 is 2.51 bits per heavy atom. The van der Waals surface area contributed by atoms with Crippen molar-refractivity contribution in [3.05, 3.63) is 88.9 Å². The third kappa shape index (κ3) is 6.00. The molecule has 0 saturated carbocycles. The summed E-state index contributed by atoms with van der Waals surface area (Å²) < 4.78 is 12.2. The Morgan fingerprint density at radius 2 is 1.81 bits per heavy atom. The first-order valence-corrected chi connectivity index (χ1v) is 13.4. The summed E-state index contributed by atoms with van der Waals surface area (Å²) in [7, 11) is 1.49. The van der Waals surface area contributed by atoms with Crippen LogP contribution in [-0.4, -0.2) is 24.0 Å². The molecule has 0 spiro atoms. The van der Waals surface area contributed by atoms with E-state index in [1.54, 1.807) is 48.5 Å². The van der Waals surface area contributed by atoms with Crippen molar-refractivity contribution in [3.63, 3.8) is 0 Å². The molecular weight excluding hydrogens is 693 g/mol. The molecule has 3 aromatic rings. The molecule has 1 aliphatic rings. The predicted octanol–water partition coefficient (Wildman–Crippen LogP) is 7.32. The molecular formula is C25H15Cl4IN2O4S. The lowest BCUT2D eigenvalue weighted by molar-refractivity contribution is -0.122. The Balaban J connectivity index is 1.66. The summed E-state index contributed by atoms with van der Waals surface area (Å²) in [5.41, 5.74) is 1.38. The van der Waals surface area contributed by atoms with Crippen molar-refractivity contribution < 1.29 is 19.1 Å². The third-order valence-electron chi connectivity index (χ3n) is 5.22. The van der Waals surface area contributed by atoms with Gasteiger partial charge in [-0.15, -0.1) is 0 Å². The van der Waals surface area contributed by atoms with Crippen LogP contribution in [0.1, 0.15) is 11.1 Å². The fourth-order valence-electron chi connectivity index (χ4n) is 3.46. The van der Waals surface area contributed by atoms with Gasteiger partial charge in [-0.1, -0.05) is 58.5 Å². The summed E-state index contributed by atoms with van der Waals surface area (Å²) in [4.78, 5) is 27.2. The highest BCUT2D eigenvalue weighted by Crippen LogP contribution is 2.37. The van der Waals surface area contributed by atoms with E-state index >= 15 is 0 Å². The first-order chi connectivity index (χ1) is 17.6. The fourth-order valence-corrected chi connectivity index (χ4v) is 5.36. The maximum Gasteiger partial charge on any atom is 0.270 e. The van der Waals surface area contributed by atoms with Gasteiger partial charge in [0.1, 0.15) is 12.2 Å². The van der Waals surface area contributed by atoms with Crippen molar-refractivity contribution in [3.8, 4) is 11.5 Å². The smallest absolute Gasteiger partial charge is 0.270 e. The maximum absolute atomic E-state index is 13.4. The Morgan fingerprint density at radius 1 is 1.05 bits per heavy atom. The van der Waals surface area contributed by atoms with Crippen molar-refractivity contribution >= 4 is 110 Å². The first kappa shape index (κ1) is 27.9. The van der Waals surface area contributed by atoms with Crippen LogP contribution in [0, 0.1) is 3.57 Å². The van der Waals surface area contributed by atoms with Gasteiger partial charge >= 0.3 is 0 Å². The fraction of sp³-hybridized carbons (Fsp3) is 0.0800. The number of carbonyl (C=O) groups excluding carboxylic acids is 2. The van der Waals surface area contributed by atoms with Crippen molar-refractivity contribution in [2.75, 3.05) is 12.0 Å². The van der Waals surface area contributed by atoms with Gasteiger partial charge in [0.05, 0.1) is 26.4 Å². The van der Waals surface area contributed by atoms with Crippen LogP contribution in [0.25, 0.3) is 6.08 Å².